The smallest absolute Gasteiger partial charge is 0.124 e. The van der Waals surface area contributed by atoms with Gasteiger partial charge < -0.3 is 4.57 Å². The lowest BCUT2D eigenvalue weighted by atomic mass is 10.2. The normalized spacial score (nSPS) is 11.3. The van der Waals surface area contributed by atoms with E-state index >= 15 is 0 Å². The van der Waals surface area contributed by atoms with E-state index in [1.165, 1.54) is 5.56 Å². The van der Waals surface area contributed by atoms with Crippen molar-refractivity contribution >= 4 is 34.0 Å². The van der Waals surface area contributed by atoms with Crippen LogP contribution in [-0.2, 0) is 18.8 Å². The van der Waals surface area contributed by atoms with Gasteiger partial charge in [0.2, 0.25) is 0 Å². The molecule has 2 heterocycles. The number of aromatic nitrogens is 3. The molecule has 0 aliphatic heterocycles. The van der Waals surface area contributed by atoms with Crippen LogP contribution >= 0.6 is 22.9 Å². The van der Waals surface area contributed by atoms with Crippen molar-refractivity contribution in [3.8, 4) is 0 Å². The maximum absolute atomic E-state index is 6.02. The second-order valence-corrected chi connectivity index (χ2v) is 5.68. The predicted molar refractivity (Wildman–Crippen MR) is 79.8 cm³/mol. The lowest BCUT2D eigenvalue weighted by Crippen LogP contribution is -2.04. The van der Waals surface area contributed by atoms with Crippen LogP contribution in [-0.4, -0.2) is 14.5 Å². The number of alkyl halides is 1. The van der Waals surface area contributed by atoms with E-state index in [2.05, 4.69) is 39.7 Å². The van der Waals surface area contributed by atoms with Gasteiger partial charge in [-0.05, 0) is 18.6 Å². The van der Waals surface area contributed by atoms with E-state index in [1.807, 2.05) is 11.6 Å². The first kappa shape index (κ1) is 12.6. The Morgan fingerprint density at radius 1 is 1.37 bits per heavy atom. The van der Waals surface area contributed by atoms with Crippen LogP contribution in [0, 0.1) is 6.92 Å². The molecule has 0 bridgehead atoms. The molecule has 0 saturated heterocycles. The minimum absolute atomic E-state index is 0.436. The summed E-state index contributed by atoms with van der Waals surface area (Å²) in [6.45, 7) is 2.95. The average molecular weight is 292 g/mol. The quantitative estimate of drug-likeness (QED) is 0.685. The van der Waals surface area contributed by atoms with Gasteiger partial charge in [-0.2, -0.15) is 0 Å². The van der Waals surface area contributed by atoms with Crippen LogP contribution in [0.2, 0.25) is 0 Å². The highest BCUT2D eigenvalue weighted by atomic mass is 35.5. The third-order valence-electron chi connectivity index (χ3n) is 3.21. The average Bonchev–Trinajstić information content (AvgIpc) is 3.03. The molecule has 5 heteroatoms. The van der Waals surface area contributed by atoms with E-state index < -0.39 is 0 Å². The van der Waals surface area contributed by atoms with Gasteiger partial charge in [0.15, 0.2) is 0 Å². The number of hydrogen-bond donors (Lipinski definition) is 0. The molecule has 0 amide bonds. The summed E-state index contributed by atoms with van der Waals surface area (Å²) in [5.74, 6) is 1.37. The van der Waals surface area contributed by atoms with Gasteiger partial charge in [-0.25, -0.2) is 9.97 Å². The second kappa shape index (κ2) is 5.31. The van der Waals surface area contributed by atoms with E-state index in [9.17, 15) is 0 Å². The summed E-state index contributed by atoms with van der Waals surface area (Å²) in [7, 11) is 0. The zero-order valence-electron chi connectivity index (χ0n) is 10.6. The number of benzene rings is 1. The van der Waals surface area contributed by atoms with Crippen LogP contribution in [0.5, 0.6) is 0 Å². The van der Waals surface area contributed by atoms with Crippen molar-refractivity contribution in [2.45, 2.75) is 25.8 Å². The standard InChI is InChI=1S/C14H14ClN3S/c1-10-3-2-4-11-14(10)17-12(9-15)18(11)7-5-13-16-6-8-19-13/h2-4,6,8H,5,7,9H2,1H3. The summed E-state index contributed by atoms with van der Waals surface area (Å²) in [5, 5.41) is 3.16. The van der Waals surface area contributed by atoms with E-state index in [1.54, 1.807) is 11.3 Å². The molecule has 0 unspecified atom stereocenters. The number of fused-ring (bicyclic) bond motifs is 1. The summed E-state index contributed by atoms with van der Waals surface area (Å²) >= 11 is 7.71. The Hall–Kier alpha value is -1.39. The van der Waals surface area contributed by atoms with Crippen molar-refractivity contribution < 1.29 is 0 Å². The fraction of sp³-hybridized carbons (Fsp3) is 0.286. The molecular formula is C14H14ClN3S. The zero-order chi connectivity index (χ0) is 13.2. The van der Waals surface area contributed by atoms with Crippen molar-refractivity contribution in [3.63, 3.8) is 0 Å². The fourth-order valence-electron chi connectivity index (χ4n) is 2.27. The van der Waals surface area contributed by atoms with Crippen LogP contribution in [0.1, 0.15) is 16.4 Å². The van der Waals surface area contributed by atoms with Crippen LogP contribution < -0.4 is 0 Å². The molecule has 19 heavy (non-hydrogen) atoms. The van der Waals surface area contributed by atoms with E-state index in [0.717, 1.165) is 34.8 Å². The topological polar surface area (TPSA) is 30.7 Å². The van der Waals surface area contributed by atoms with Gasteiger partial charge in [-0.1, -0.05) is 12.1 Å². The second-order valence-electron chi connectivity index (χ2n) is 4.43. The molecule has 0 aliphatic rings. The monoisotopic (exact) mass is 291 g/mol. The molecule has 98 valence electrons. The fourth-order valence-corrected chi connectivity index (χ4v) is 3.08. The number of halogens is 1. The summed E-state index contributed by atoms with van der Waals surface area (Å²) in [6.07, 6.45) is 2.76. The van der Waals surface area contributed by atoms with Crippen molar-refractivity contribution in [2.24, 2.45) is 0 Å². The molecule has 0 N–H and O–H groups in total. The Balaban J connectivity index is 1.99. The van der Waals surface area contributed by atoms with E-state index in [4.69, 9.17) is 11.6 Å². The molecule has 0 spiro atoms. The minimum atomic E-state index is 0.436. The van der Waals surface area contributed by atoms with Gasteiger partial charge in [-0.15, -0.1) is 22.9 Å². The molecule has 0 radical (unpaired) electrons. The molecule has 0 fully saturated rings. The van der Waals surface area contributed by atoms with Gasteiger partial charge in [0.25, 0.3) is 0 Å². The summed E-state index contributed by atoms with van der Waals surface area (Å²) in [4.78, 5) is 8.97. The molecule has 3 aromatic rings. The van der Waals surface area contributed by atoms with E-state index in [-0.39, 0.29) is 0 Å². The number of imidazole rings is 1. The molecule has 3 nitrogen and oxygen atoms in total. The minimum Gasteiger partial charge on any atom is -0.327 e. The molecule has 1 aromatic carbocycles. The number of para-hydroxylation sites is 1. The Morgan fingerprint density at radius 2 is 2.26 bits per heavy atom. The summed E-state index contributed by atoms with van der Waals surface area (Å²) < 4.78 is 2.21. The highest BCUT2D eigenvalue weighted by Crippen LogP contribution is 2.21. The number of rotatable bonds is 4. The number of thiazole rings is 1. The largest absolute Gasteiger partial charge is 0.327 e. The zero-order valence-corrected chi connectivity index (χ0v) is 12.2. The van der Waals surface area contributed by atoms with Crippen LogP contribution in [0.4, 0.5) is 0 Å². The first-order valence-corrected chi connectivity index (χ1v) is 7.60. The Morgan fingerprint density at radius 3 is 3.00 bits per heavy atom. The first-order chi connectivity index (χ1) is 9.29. The van der Waals surface area contributed by atoms with Crippen LogP contribution in [0.15, 0.2) is 29.8 Å². The van der Waals surface area contributed by atoms with Gasteiger partial charge in [0, 0.05) is 24.5 Å². The maximum atomic E-state index is 6.02. The van der Waals surface area contributed by atoms with Crippen molar-refractivity contribution in [1.29, 1.82) is 0 Å². The number of nitrogens with zero attached hydrogens (tertiary/aromatic N) is 3. The molecule has 3 rings (SSSR count). The predicted octanol–water partition coefficient (Wildman–Crippen LogP) is 3.78. The van der Waals surface area contributed by atoms with Crippen LogP contribution in [0.3, 0.4) is 0 Å². The highest BCUT2D eigenvalue weighted by molar-refractivity contribution is 7.09. The summed E-state index contributed by atoms with van der Waals surface area (Å²) in [5.41, 5.74) is 3.40. The van der Waals surface area contributed by atoms with Gasteiger partial charge >= 0.3 is 0 Å². The highest BCUT2D eigenvalue weighted by Gasteiger charge is 2.11. The Labute approximate surface area is 120 Å². The maximum Gasteiger partial charge on any atom is 0.124 e. The molecule has 2 aromatic heterocycles. The van der Waals surface area contributed by atoms with Crippen molar-refractivity contribution in [3.05, 3.63) is 46.2 Å². The Kier molecular flexibility index (Phi) is 3.53. The lowest BCUT2D eigenvalue weighted by molar-refractivity contribution is 0.685. The third kappa shape index (κ3) is 2.38. The van der Waals surface area contributed by atoms with Crippen molar-refractivity contribution in [2.75, 3.05) is 0 Å². The SMILES string of the molecule is Cc1cccc2c1nc(CCl)n2CCc1nccs1. The van der Waals surface area contributed by atoms with Crippen LogP contribution in [0.25, 0.3) is 11.0 Å². The van der Waals surface area contributed by atoms with Gasteiger partial charge in [0.1, 0.15) is 5.82 Å². The lowest BCUT2D eigenvalue weighted by Gasteiger charge is -2.06. The van der Waals surface area contributed by atoms with Crippen molar-refractivity contribution in [1.82, 2.24) is 14.5 Å². The van der Waals surface area contributed by atoms with Gasteiger partial charge in [0.05, 0.1) is 21.9 Å². The Bertz CT molecular complexity index is 688. The van der Waals surface area contributed by atoms with E-state index in [0.29, 0.717) is 5.88 Å². The number of hydrogen-bond acceptors (Lipinski definition) is 3. The molecular weight excluding hydrogens is 278 g/mol. The molecule has 0 atom stereocenters. The third-order valence-corrected chi connectivity index (χ3v) is 4.29. The number of aryl methyl sites for hydroxylation is 3. The van der Waals surface area contributed by atoms with Gasteiger partial charge in [-0.3, -0.25) is 0 Å². The molecule has 0 saturated carbocycles. The molecule has 0 aliphatic carbocycles. The summed E-state index contributed by atoms with van der Waals surface area (Å²) in [6, 6.07) is 6.25. The first-order valence-electron chi connectivity index (χ1n) is 6.18.